The Balaban J connectivity index is 2.76. The molecule has 1 aliphatic carbocycles. The number of carbonyl (C=O) groups excluding carboxylic acids is 2. The predicted octanol–water partition coefficient (Wildman–Crippen LogP) is 1.41. The van der Waals surface area contributed by atoms with Crippen molar-refractivity contribution in [2.75, 3.05) is 7.11 Å². The van der Waals surface area contributed by atoms with Crippen molar-refractivity contribution in [2.24, 2.45) is 17.8 Å². The van der Waals surface area contributed by atoms with Crippen molar-refractivity contribution in [3.05, 3.63) is 0 Å². The van der Waals surface area contributed by atoms with Crippen molar-refractivity contribution in [3.8, 4) is 0 Å². The molecule has 0 saturated heterocycles. The van der Waals surface area contributed by atoms with Gasteiger partial charge in [-0.2, -0.15) is 0 Å². The van der Waals surface area contributed by atoms with E-state index >= 15 is 0 Å². The maximum Gasteiger partial charge on any atom is 0.309 e. The SMILES string of the molecule is COC(=O)[C@@H]1[C@@H](C(C)=O)CC[C@@H]1C. The van der Waals surface area contributed by atoms with Crippen molar-refractivity contribution >= 4 is 11.8 Å². The van der Waals surface area contributed by atoms with Crippen LogP contribution >= 0.6 is 0 Å². The van der Waals surface area contributed by atoms with E-state index in [1.54, 1.807) is 6.92 Å². The van der Waals surface area contributed by atoms with E-state index in [9.17, 15) is 9.59 Å². The Bertz CT molecular complexity index is 222. The average molecular weight is 184 g/mol. The van der Waals surface area contributed by atoms with Gasteiger partial charge in [-0.3, -0.25) is 9.59 Å². The molecule has 0 aromatic carbocycles. The normalized spacial score (nSPS) is 33.0. The third-order valence-corrected chi connectivity index (χ3v) is 2.98. The molecule has 3 heteroatoms. The molecule has 0 N–H and O–H groups in total. The van der Waals surface area contributed by atoms with E-state index in [0.29, 0.717) is 0 Å². The molecule has 1 saturated carbocycles. The summed E-state index contributed by atoms with van der Waals surface area (Å²) < 4.78 is 4.69. The van der Waals surface area contributed by atoms with Gasteiger partial charge < -0.3 is 4.74 Å². The zero-order chi connectivity index (χ0) is 10.0. The molecule has 3 atom stereocenters. The van der Waals surface area contributed by atoms with Crippen molar-refractivity contribution in [1.82, 2.24) is 0 Å². The van der Waals surface area contributed by atoms with E-state index in [1.807, 2.05) is 6.92 Å². The molecule has 3 nitrogen and oxygen atoms in total. The Morgan fingerprint density at radius 2 is 1.92 bits per heavy atom. The summed E-state index contributed by atoms with van der Waals surface area (Å²) in [4.78, 5) is 22.6. The summed E-state index contributed by atoms with van der Waals surface area (Å²) in [5.74, 6) is -0.156. The van der Waals surface area contributed by atoms with E-state index in [0.717, 1.165) is 12.8 Å². The highest BCUT2D eigenvalue weighted by atomic mass is 16.5. The van der Waals surface area contributed by atoms with Gasteiger partial charge in [0.05, 0.1) is 13.0 Å². The second-order valence-corrected chi connectivity index (χ2v) is 3.82. The van der Waals surface area contributed by atoms with Crippen LogP contribution < -0.4 is 0 Å². The lowest BCUT2D eigenvalue weighted by Crippen LogP contribution is -2.28. The Morgan fingerprint density at radius 3 is 2.38 bits per heavy atom. The topological polar surface area (TPSA) is 43.4 Å². The van der Waals surface area contributed by atoms with Crippen LogP contribution in [0, 0.1) is 17.8 Å². The number of hydrogen-bond acceptors (Lipinski definition) is 3. The van der Waals surface area contributed by atoms with Crippen molar-refractivity contribution in [2.45, 2.75) is 26.7 Å². The molecule has 0 heterocycles. The summed E-state index contributed by atoms with van der Waals surface area (Å²) >= 11 is 0. The lowest BCUT2D eigenvalue weighted by Gasteiger charge is -2.17. The molecule has 0 spiro atoms. The number of ketones is 1. The summed E-state index contributed by atoms with van der Waals surface area (Å²) in [6.07, 6.45) is 1.78. The summed E-state index contributed by atoms with van der Waals surface area (Å²) in [6.45, 7) is 3.56. The summed E-state index contributed by atoms with van der Waals surface area (Å²) in [7, 11) is 1.38. The van der Waals surface area contributed by atoms with Crippen molar-refractivity contribution in [3.63, 3.8) is 0 Å². The highest BCUT2D eigenvalue weighted by molar-refractivity contribution is 5.85. The number of Topliss-reactive ketones (excluding diaryl/α,β-unsaturated/α-hetero) is 1. The van der Waals surface area contributed by atoms with E-state index in [-0.39, 0.29) is 29.5 Å². The number of hydrogen-bond donors (Lipinski definition) is 0. The highest BCUT2D eigenvalue weighted by Gasteiger charge is 2.41. The van der Waals surface area contributed by atoms with Gasteiger partial charge in [-0.05, 0) is 25.7 Å². The van der Waals surface area contributed by atoms with Crippen LogP contribution in [0.3, 0.4) is 0 Å². The minimum absolute atomic E-state index is 0.109. The van der Waals surface area contributed by atoms with Gasteiger partial charge in [0.25, 0.3) is 0 Å². The van der Waals surface area contributed by atoms with Gasteiger partial charge in [0.2, 0.25) is 0 Å². The minimum Gasteiger partial charge on any atom is -0.469 e. The van der Waals surface area contributed by atoms with Crippen molar-refractivity contribution < 1.29 is 14.3 Å². The molecule has 0 unspecified atom stereocenters. The van der Waals surface area contributed by atoms with Crippen molar-refractivity contribution in [1.29, 1.82) is 0 Å². The molecule has 0 aromatic heterocycles. The van der Waals surface area contributed by atoms with Crippen LogP contribution in [0.15, 0.2) is 0 Å². The van der Waals surface area contributed by atoms with Gasteiger partial charge >= 0.3 is 5.97 Å². The number of esters is 1. The second kappa shape index (κ2) is 3.90. The van der Waals surface area contributed by atoms with Crippen LogP contribution in [0.25, 0.3) is 0 Å². The molecular formula is C10H16O3. The van der Waals surface area contributed by atoms with Gasteiger partial charge in [-0.1, -0.05) is 6.92 Å². The molecule has 1 fully saturated rings. The minimum atomic E-state index is -0.231. The average Bonchev–Trinajstić information content (AvgIpc) is 2.46. The van der Waals surface area contributed by atoms with Gasteiger partial charge in [0.15, 0.2) is 0 Å². The van der Waals surface area contributed by atoms with E-state index in [4.69, 9.17) is 4.74 Å². The first kappa shape index (κ1) is 10.2. The molecule has 1 rings (SSSR count). The third kappa shape index (κ3) is 1.90. The van der Waals surface area contributed by atoms with Crippen LogP contribution in [0.5, 0.6) is 0 Å². The maximum atomic E-state index is 11.4. The van der Waals surface area contributed by atoms with Gasteiger partial charge in [0, 0.05) is 5.92 Å². The number of rotatable bonds is 2. The van der Waals surface area contributed by atoms with Gasteiger partial charge in [0.1, 0.15) is 5.78 Å². The third-order valence-electron chi connectivity index (χ3n) is 2.98. The quantitative estimate of drug-likeness (QED) is 0.609. The monoisotopic (exact) mass is 184 g/mol. The Kier molecular flexibility index (Phi) is 3.07. The lowest BCUT2D eigenvalue weighted by molar-refractivity contribution is -0.150. The van der Waals surface area contributed by atoms with E-state index in [2.05, 4.69) is 0 Å². The summed E-state index contributed by atoms with van der Waals surface area (Å²) in [6, 6.07) is 0. The van der Waals surface area contributed by atoms with Crippen LogP contribution in [-0.2, 0) is 14.3 Å². The van der Waals surface area contributed by atoms with Crippen LogP contribution in [0.4, 0.5) is 0 Å². The zero-order valence-electron chi connectivity index (χ0n) is 8.37. The molecule has 0 aliphatic heterocycles. The summed E-state index contributed by atoms with van der Waals surface area (Å²) in [5.41, 5.74) is 0. The lowest BCUT2D eigenvalue weighted by atomic mass is 9.88. The van der Waals surface area contributed by atoms with E-state index in [1.165, 1.54) is 7.11 Å². The van der Waals surface area contributed by atoms with Gasteiger partial charge in [-0.25, -0.2) is 0 Å². The Labute approximate surface area is 78.5 Å². The molecule has 0 amide bonds. The highest BCUT2D eigenvalue weighted by Crippen LogP contribution is 2.37. The molecule has 1 aliphatic rings. The van der Waals surface area contributed by atoms with E-state index < -0.39 is 0 Å². The molecule has 0 bridgehead atoms. The standard InChI is InChI=1S/C10H16O3/c1-6-4-5-8(7(2)11)9(6)10(12)13-3/h6,8-9H,4-5H2,1-3H3/t6-,8+,9-/m0/s1. The molecule has 13 heavy (non-hydrogen) atoms. The smallest absolute Gasteiger partial charge is 0.309 e. The molecule has 0 aromatic rings. The fourth-order valence-electron chi connectivity index (χ4n) is 2.19. The molecule has 74 valence electrons. The van der Waals surface area contributed by atoms with Crippen LogP contribution in [-0.4, -0.2) is 18.9 Å². The number of carbonyl (C=O) groups is 2. The Morgan fingerprint density at radius 1 is 1.31 bits per heavy atom. The van der Waals surface area contributed by atoms with Gasteiger partial charge in [-0.15, -0.1) is 0 Å². The first-order valence-electron chi connectivity index (χ1n) is 4.66. The molecule has 0 radical (unpaired) electrons. The fourth-order valence-corrected chi connectivity index (χ4v) is 2.19. The zero-order valence-corrected chi connectivity index (χ0v) is 8.37. The predicted molar refractivity (Wildman–Crippen MR) is 48.1 cm³/mol. The van der Waals surface area contributed by atoms with Crippen LogP contribution in [0.2, 0.25) is 0 Å². The first-order valence-corrected chi connectivity index (χ1v) is 4.66. The van der Waals surface area contributed by atoms with Crippen LogP contribution in [0.1, 0.15) is 26.7 Å². The summed E-state index contributed by atoms with van der Waals surface area (Å²) in [5, 5.41) is 0. The largest absolute Gasteiger partial charge is 0.469 e. The number of methoxy groups -OCH3 is 1. The number of ether oxygens (including phenoxy) is 1. The fraction of sp³-hybridized carbons (Fsp3) is 0.800. The Hall–Kier alpha value is -0.860. The first-order chi connectivity index (χ1) is 6.07. The second-order valence-electron chi connectivity index (χ2n) is 3.82. The molecular weight excluding hydrogens is 168 g/mol. The maximum absolute atomic E-state index is 11.4.